The summed E-state index contributed by atoms with van der Waals surface area (Å²) in [5.74, 6) is -0.341. The van der Waals surface area contributed by atoms with E-state index in [9.17, 15) is 20.1 Å². The van der Waals surface area contributed by atoms with Crippen molar-refractivity contribution in [1.29, 1.82) is 0 Å². The molecule has 0 saturated carbocycles. The number of aliphatic hydroxyl groups is 3. The highest BCUT2D eigenvalue weighted by molar-refractivity contribution is 5.76. The predicted octanol–water partition coefficient (Wildman–Crippen LogP) is 10.8. The van der Waals surface area contributed by atoms with Crippen LogP contribution in [0.25, 0.3) is 0 Å². The molecule has 0 aromatic rings. The molecule has 0 aromatic heterocycles. The molecule has 0 aromatic carbocycles. The summed E-state index contributed by atoms with van der Waals surface area (Å²) in [7, 11) is 0. The number of allylic oxidation sites excluding steroid dienone is 9. The van der Waals surface area contributed by atoms with E-state index in [-0.39, 0.29) is 18.9 Å². The fourth-order valence-corrected chi connectivity index (χ4v) is 5.58. The lowest BCUT2D eigenvalue weighted by molar-refractivity contribution is -0.124. The highest BCUT2D eigenvalue weighted by Gasteiger charge is 2.20. The molecule has 272 valence electrons. The molecule has 4 N–H and O–H groups in total. The first kappa shape index (κ1) is 45.0. The Morgan fingerprint density at radius 1 is 0.596 bits per heavy atom. The van der Waals surface area contributed by atoms with Crippen molar-refractivity contribution < 1.29 is 20.1 Å². The van der Waals surface area contributed by atoms with Crippen LogP contribution in [0.4, 0.5) is 0 Å². The Balaban J connectivity index is 3.69. The van der Waals surface area contributed by atoms with Gasteiger partial charge < -0.3 is 20.6 Å². The summed E-state index contributed by atoms with van der Waals surface area (Å²) >= 11 is 0. The number of amides is 1. The average molecular weight is 658 g/mol. The third-order valence-electron chi connectivity index (χ3n) is 8.60. The van der Waals surface area contributed by atoms with Gasteiger partial charge in [0.1, 0.15) is 0 Å². The van der Waals surface area contributed by atoms with Gasteiger partial charge in [-0.15, -0.1) is 0 Å². The van der Waals surface area contributed by atoms with Gasteiger partial charge in [-0.05, 0) is 71.1 Å². The van der Waals surface area contributed by atoms with E-state index >= 15 is 0 Å². The molecule has 0 radical (unpaired) electrons. The Hall–Kier alpha value is -1.95. The van der Waals surface area contributed by atoms with Crippen molar-refractivity contribution >= 4 is 5.91 Å². The summed E-state index contributed by atoms with van der Waals surface area (Å²) in [5.41, 5.74) is 0. The fourth-order valence-electron chi connectivity index (χ4n) is 5.58. The van der Waals surface area contributed by atoms with Crippen LogP contribution in [0.2, 0.25) is 0 Å². The highest BCUT2D eigenvalue weighted by Crippen LogP contribution is 2.13. The summed E-state index contributed by atoms with van der Waals surface area (Å²) in [6.45, 7) is 3.94. The molecule has 0 heterocycles. The molecule has 0 saturated heterocycles. The van der Waals surface area contributed by atoms with Gasteiger partial charge in [0.05, 0.1) is 31.3 Å². The minimum Gasteiger partial charge on any atom is -0.394 e. The Labute approximate surface area is 290 Å². The first-order chi connectivity index (χ1) is 23.0. The van der Waals surface area contributed by atoms with Gasteiger partial charge in [0, 0.05) is 0 Å². The molecule has 0 fully saturated rings. The summed E-state index contributed by atoms with van der Waals surface area (Å²) in [5, 5.41) is 32.9. The van der Waals surface area contributed by atoms with Crippen molar-refractivity contribution in [2.45, 2.75) is 193 Å². The number of carbonyl (C=O) groups is 1. The predicted molar refractivity (Wildman–Crippen MR) is 204 cm³/mol. The first-order valence-corrected chi connectivity index (χ1v) is 19.5. The summed E-state index contributed by atoms with van der Waals surface area (Å²) in [6, 6.07) is -0.770. The lowest BCUT2D eigenvalue weighted by Gasteiger charge is -2.21. The highest BCUT2D eigenvalue weighted by atomic mass is 16.3. The number of aliphatic hydroxyl groups excluding tert-OH is 3. The lowest BCUT2D eigenvalue weighted by atomic mass is 10.0. The summed E-state index contributed by atoms with van der Waals surface area (Å²) < 4.78 is 0. The van der Waals surface area contributed by atoms with Crippen molar-refractivity contribution in [1.82, 2.24) is 5.32 Å². The fraction of sp³-hybridized carbons (Fsp3) is 0.738. The number of hydrogen-bond acceptors (Lipinski definition) is 4. The van der Waals surface area contributed by atoms with E-state index in [0.29, 0.717) is 6.42 Å². The molecule has 5 nitrogen and oxygen atoms in total. The molecule has 0 aliphatic rings. The SMILES string of the molecule is C/C=C/CC/C=C/CC/C=C/C(O)C(CO)NC(=O)CC(O)CCCCCCCCC/C=C\C/C=C\CCCCCCCCCCC. The molecule has 3 unspecified atom stereocenters. The van der Waals surface area contributed by atoms with Gasteiger partial charge in [-0.2, -0.15) is 0 Å². The van der Waals surface area contributed by atoms with Crippen LogP contribution < -0.4 is 5.32 Å². The van der Waals surface area contributed by atoms with Gasteiger partial charge >= 0.3 is 0 Å². The normalized spacial score (nSPS) is 14.4. The Morgan fingerprint density at radius 2 is 1.06 bits per heavy atom. The van der Waals surface area contributed by atoms with Crippen LogP contribution in [-0.4, -0.2) is 46.1 Å². The molecule has 5 heteroatoms. The second-order valence-corrected chi connectivity index (χ2v) is 13.2. The summed E-state index contributed by atoms with van der Waals surface area (Å²) in [6.07, 6.45) is 48.1. The van der Waals surface area contributed by atoms with Gasteiger partial charge in [0.2, 0.25) is 5.91 Å². The minimum absolute atomic E-state index is 0.00638. The van der Waals surface area contributed by atoms with Crippen LogP contribution in [0, 0.1) is 0 Å². The van der Waals surface area contributed by atoms with Crippen molar-refractivity contribution in [2.75, 3.05) is 6.61 Å². The zero-order chi connectivity index (χ0) is 34.5. The van der Waals surface area contributed by atoms with Crippen LogP contribution in [0.15, 0.2) is 60.8 Å². The summed E-state index contributed by atoms with van der Waals surface area (Å²) in [4.78, 5) is 12.3. The molecular weight excluding hydrogens is 582 g/mol. The third kappa shape index (κ3) is 33.7. The Kier molecular flexibility index (Phi) is 35.3. The molecule has 0 bridgehead atoms. The molecular formula is C42H75NO4. The first-order valence-electron chi connectivity index (χ1n) is 19.5. The zero-order valence-corrected chi connectivity index (χ0v) is 30.6. The van der Waals surface area contributed by atoms with Crippen molar-refractivity contribution in [3.63, 3.8) is 0 Å². The molecule has 0 aliphatic carbocycles. The maximum Gasteiger partial charge on any atom is 0.222 e. The van der Waals surface area contributed by atoms with Crippen molar-refractivity contribution in [2.24, 2.45) is 0 Å². The lowest BCUT2D eigenvalue weighted by Crippen LogP contribution is -2.45. The van der Waals surface area contributed by atoms with E-state index in [4.69, 9.17) is 0 Å². The Morgan fingerprint density at radius 3 is 1.60 bits per heavy atom. The van der Waals surface area contributed by atoms with Gasteiger partial charge in [0.25, 0.3) is 0 Å². The molecule has 3 atom stereocenters. The second-order valence-electron chi connectivity index (χ2n) is 13.2. The number of unbranched alkanes of at least 4 members (excludes halogenated alkanes) is 18. The smallest absolute Gasteiger partial charge is 0.222 e. The van der Waals surface area contributed by atoms with Gasteiger partial charge in [-0.3, -0.25) is 4.79 Å². The number of hydrogen-bond donors (Lipinski definition) is 4. The van der Waals surface area contributed by atoms with Gasteiger partial charge in [-0.1, -0.05) is 158 Å². The number of rotatable bonds is 34. The van der Waals surface area contributed by atoms with E-state index in [1.165, 1.54) is 96.3 Å². The average Bonchev–Trinajstić information content (AvgIpc) is 3.06. The number of carbonyl (C=O) groups excluding carboxylic acids is 1. The van der Waals surface area contributed by atoms with Gasteiger partial charge in [-0.25, -0.2) is 0 Å². The molecule has 0 spiro atoms. The van der Waals surface area contributed by atoms with Crippen molar-refractivity contribution in [3.8, 4) is 0 Å². The van der Waals surface area contributed by atoms with Crippen LogP contribution in [0.3, 0.4) is 0 Å². The van der Waals surface area contributed by atoms with Crippen LogP contribution in [-0.2, 0) is 4.79 Å². The van der Waals surface area contributed by atoms with Crippen LogP contribution in [0.1, 0.15) is 174 Å². The second kappa shape index (κ2) is 36.9. The topological polar surface area (TPSA) is 89.8 Å². The van der Waals surface area contributed by atoms with E-state index in [1.807, 2.05) is 13.0 Å². The van der Waals surface area contributed by atoms with E-state index in [0.717, 1.165) is 51.4 Å². The minimum atomic E-state index is -0.961. The molecule has 0 rings (SSSR count). The quantitative estimate of drug-likeness (QED) is 0.0409. The maximum atomic E-state index is 12.3. The molecule has 47 heavy (non-hydrogen) atoms. The monoisotopic (exact) mass is 658 g/mol. The van der Waals surface area contributed by atoms with Crippen LogP contribution >= 0.6 is 0 Å². The van der Waals surface area contributed by atoms with E-state index in [2.05, 4.69) is 60.8 Å². The van der Waals surface area contributed by atoms with Crippen molar-refractivity contribution in [3.05, 3.63) is 60.8 Å². The number of nitrogens with one attached hydrogen (secondary N) is 1. The molecule has 0 aliphatic heterocycles. The molecule has 1 amide bonds. The third-order valence-corrected chi connectivity index (χ3v) is 8.60. The Bertz CT molecular complexity index is 815. The van der Waals surface area contributed by atoms with E-state index in [1.54, 1.807) is 6.08 Å². The van der Waals surface area contributed by atoms with E-state index < -0.39 is 18.2 Å². The largest absolute Gasteiger partial charge is 0.394 e. The van der Waals surface area contributed by atoms with Gasteiger partial charge in [0.15, 0.2) is 0 Å². The zero-order valence-electron chi connectivity index (χ0n) is 30.6. The standard InChI is InChI=1S/C42H75NO4/c1-3-5-7-9-11-13-14-15-16-17-18-19-20-21-22-23-24-25-26-28-29-31-33-35-39(45)37-42(47)43-40(38-44)41(46)36-34-32-30-27-12-10-8-6-4-2/h4,6,12,18-19,21-22,27,34,36,39-41,44-46H,3,5,7-11,13-17,20,23-26,28-33,35,37-38H2,1-2H3,(H,43,47)/b6-4+,19-18-,22-21-,27-12+,36-34+. The maximum absolute atomic E-state index is 12.3. The van der Waals surface area contributed by atoms with Crippen LogP contribution in [0.5, 0.6) is 0 Å².